The van der Waals surface area contributed by atoms with Crippen molar-refractivity contribution in [1.29, 1.82) is 0 Å². The third-order valence-corrected chi connectivity index (χ3v) is 4.89. The lowest BCUT2D eigenvalue weighted by atomic mass is 9.92. The van der Waals surface area contributed by atoms with Gasteiger partial charge in [-0.2, -0.15) is 9.50 Å². The minimum Gasteiger partial charge on any atom is -0.340 e. The predicted molar refractivity (Wildman–Crippen MR) is 98.9 cm³/mol. The van der Waals surface area contributed by atoms with E-state index in [0.29, 0.717) is 23.3 Å². The van der Waals surface area contributed by atoms with Crippen LogP contribution in [-0.4, -0.2) is 47.9 Å². The van der Waals surface area contributed by atoms with Gasteiger partial charge in [-0.3, -0.25) is 0 Å². The van der Waals surface area contributed by atoms with Gasteiger partial charge in [0.25, 0.3) is 5.78 Å². The minimum absolute atomic E-state index is 0.524. The summed E-state index contributed by atoms with van der Waals surface area (Å²) in [6.07, 6.45) is 3.82. The van der Waals surface area contributed by atoms with Crippen molar-refractivity contribution in [2.24, 2.45) is 11.8 Å². The van der Waals surface area contributed by atoms with Crippen LogP contribution < -0.4 is 4.90 Å². The number of anilines is 1. The molecule has 0 aromatic carbocycles. The van der Waals surface area contributed by atoms with Crippen molar-refractivity contribution in [2.45, 2.75) is 40.5 Å². The molecule has 1 aliphatic rings. The van der Waals surface area contributed by atoms with E-state index in [2.05, 4.69) is 44.0 Å². The summed E-state index contributed by atoms with van der Waals surface area (Å²) in [6, 6.07) is 1.88. The summed E-state index contributed by atoms with van der Waals surface area (Å²) in [4.78, 5) is 15.9. The number of aryl methyl sites for hydroxylation is 2. The van der Waals surface area contributed by atoms with Crippen LogP contribution in [0.2, 0.25) is 0 Å². The van der Waals surface area contributed by atoms with Gasteiger partial charge in [0.1, 0.15) is 5.69 Å². The van der Waals surface area contributed by atoms with E-state index in [4.69, 9.17) is 4.98 Å². The number of fused-ring (bicyclic) bond motifs is 1. The minimum atomic E-state index is 0.524. The number of hydrogen-bond acceptors (Lipinski definition) is 7. The second-order valence-corrected chi connectivity index (χ2v) is 7.32. The number of hydrogen-bond donors (Lipinski definition) is 0. The van der Waals surface area contributed by atoms with Crippen LogP contribution in [-0.2, 0) is 6.42 Å². The molecule has 0 radical (unpaired) electrons. The molecule has 1 aliphatic heterocycles. The van der Waals surface area contributed by atoms with Gasteiger partial charge >= 0.3 is 0 Å². The van der Waals surface area contributed by atoms with Crippen LogP contribution in [0.5, 0.6) is 0 Å². The van der Waals surface area contributed by atoms with E-state index in [1.165, 1.54) is 6.42 Å². The highest BCUT2D eigenvalue weighted by Crippen LogP contribution is 2.26. The zero-order valence-corrected chi connectivity index (χ0v) is 15.7. The largest absolute Gasteiger partial charge is 0.340 e. The van der Waals surface area contributed by atoms with Crippen molar-refractivity contribution in [2.75, 3.05) is 18.0 Å². The monoisotopic (exact) mass is 352 g/mol. The Balaban J connectivity index is 1.72. The Morgan fingerprint density at radius 3 is 2.62 bits per heavy atom. The molecule has 2 unspecified atom stereocenters. The van der Waals surface area contributed by atoms with Gasteiger partial charge in [-0.1, -0.05) is 20.8 Å². The fraction of sp³-hybridized carbons (Fsp3) is 0.556. The summed E-state index contributed by atoms with van der Waals surface area (Å²) in [5, 5.41) is 13.1. The Kier molecular flexibility index (Phi) is 4.26. The van der Waals surface area contributed by atoms with Gasteiger partial charge in [-0.15, -0.1) is 15.3 Å². The van der Waals surface area contributed by atoms with E-state index < -0.39 is 0 Å². The van der Waals surface area contributed by atoms with E-state index in [-0.39, 0.29) is 0 Å². The lowest BCUT2D eigenvalue weighted by Gasteiger charge is -2.35. The molecule has 0 bridgehead atoms. The molecule has 26 heavy (non-hydrogen) atoms. The van der Waals surface area contributed by atoms with Gasteiger partial charge in [0.15, 0.2) is 5.82 Å². The fourth-order valence-electron chi connectivity index (χ4n) is 3.75. The molecule has 0 aliphatic carbocycles. The van der Waals surface area contributed by atoms with Gasteiger partial charge in [0, 0.05) is 25.7 Å². The highest BCUT2D eigenvalue weighted by atomic mass is 15.4. The molecule has 3 aromatic rings. The number of aromatic nitrogens is 7. The molecule has 0 amide bonds. The highest BCUT2D eigenvalue weighted by molar-refractivity contribution is 5.58. The smallest absolute Gasteiger partial charge is 0.272 e. The second kappa shape index (κ2) is 6.59. The van der Waals surface area contributed by atoms with E-state index >= 15 is 0 Å². The van der Waals surface area contributed by atoms with Gasteiger partial charge in [0.2, 0.25) is 5.95 Å². The molecule has 1 fully saturated rings. The third kappa shape index (κ3) is 3.00. The van der Waals surface area contributed by atoms with Crippen LogP contribution in [0.4, 0.5) is 5.95 Å². The van der Waals surface area contributed by atoms with Crippen molar-refractivity contribution < 1.29 is 0 Å². The summed E-state index contributed by atoms with van der Waals surface area (Å²) in [7, 11) is 0. The van der Waals surface area contributed by atoms with Crippen molar-refractivity contribution >= 4 is 11.7 Å². The molecular weight excluding hydrogens is 328 g/mol. The van der Waals surface area contributed by atoms with Crippen LogP contribution in [0, 0.1) is 18.8 Å². The molecule has 1 saturated heterocycles. The third-order valence-electron chi connectivity index (χ3n) is 4.89. The summed E-state index contributed by atoms with van der Waals surface area (Å²) in [5.41, 5.74) is 2.36. The second-order valence-electron chi connectivity index (χ2n) is 7.32. The Labute approximate surface area is 152 Å². The molecule has 3 aromatic heterocycles. The van der Waals surface area contributed by atoms with E-state index in [9.17, 15) is 0 Å². The molecule has 0 saturated carbocycles. The first-order valence-corrected chi connectivity index (χ1v) is 9.22. The lowest BCUT2D eigenvalue weighted by molar-refractivity contribution is 0.353. The molecule has 136 valence electrons. The molecule has 8 nitrogen and oxygen atoms in total. The summed E-state index contributed by atoms with van der Waals surface area (Å²) in [5.74, 6) is 3.34. The van der Waals surface area contributed by atoms with E-state index in [0.717, 1.165) is 42.7 Å². The van der Waals surface area contributed by atoms with Crippen LogP contribution in [0.15, 0.2) is 12.3 Å². The van der Waals surface area contributed by atoms with Gasteiger partial charge < -0.3 is 4.90 Å². The first-order valence-electron chi connectivity index (χ1n) is 9.22. The maximum absolute atomic E-state index is 4.78. The van der Waals surface area contributed by atoms with Crippen LogP contribution in [0.1, 0.15) is 38.7 Å². The first kappa shape index (κ1) is 16.8. The van der Waals surface area contributed by atoms with E-state index in [1.807, 2.05) is 19.9 Å². The summed E-state index contributed by atoms with van der Waals surface area (Å²) >= 11 is 0. The molecule has 8 heteroatoms. The Bertz CT molecular complexity index is 924. The Hall–Kier alpha value is -2.64. The standard InChI is InChI=1S/C18H24N8/c1-5-15-21-18-23-22-16(13(4)26(18)24-15)14-6-7-19-17(20-14)25-9-11(2)8-12(3)10-25/h6-7,11-12H,5,8-10H2,1-4H3. The normalized spacial score (nSPS) is 20.7. The Morgan fingerprint density at radius 2 is 1.88 bits per heavy atom. The SMILES string of the molecule is CCc1nc2nnc(-c3ccnc(N4CC(C)CC(C)C4)n3)c(C)n2n1. The van der Waals surface area contributed by atoms with Gasteiger partial charge in [-0.05, 0) is 31.2 Å². The zero-order valence-electron chi connectivity index (χ0n) is 15.7. The predicted octanol–water partition coefficient (Wildman–Crippen LogP) is 2.33. The number of nitrogens with zero attached hydrogens (tertiary/aromatic N) is 8. The highest BCUT2D eigenvalue weighted by Gasteiger charge is 2.24. The Morgan fingerprint density at radius 1 is 1.12 bits per heavy atom. The van der Waals surface area contributed by atoms with Gasteiger partial charge in [0.05, 0.1) is 11.4 Å². The van der Waals surface area contributed by atoms with Crippen LogP contribution >= 0.6 is 0 Å². The average molecular weight is 352 g/mol. The van der Waals surface area contributed by atoms with Crippen LogP contribution in [0.25, 0.3) is 17.2 Å². The molecule has 4 heterocycles. The quantitative estimate of drug-likeness (QED) is 0.715. The van der Waals surface area contributed by atoms with Crippen molar-refractivity contribution in [3.8, 4) is 11.4 Å². The lowest BCUT2D eigenvalue weighted by Crippen LogP contribution is -2.39. The average Bonchev–Trinajstić information content (AvgIpc) is 3.06. The van der Waals surface area contributed by atoms with Crippen LogP contribution in [0.3, 0.4) is 0 Å². The van der Waals surface area contributed by atoms with Crippen molar-refractivity contribution in [3.05, 3.63) is 23.8 Å². The molecule has 0 spiro atoms. The van der Waals surface area contributed by atoms with Crippen molar-refractivity contribution in [1.82, 2.24) is 34.8 Å². The molecular formula is C18H24N8. The number of piperidine rings is 1. The zero-order chi connectivity index (χ0) is 18.3. The van der Waals surface area contributed by atoms with Gasteiger partial charge in [-0.25, -0.2) is 9.97 Å². The maximum atomic E-state index is 4.78. The van der Waals surface area contributed by atoms with E-state index in [1.54, 1.807) is 10.7 Å². The molecule has 4 rings (SSSR count). The topological polar surface area (TPSA) is 85.0 Å². The fourth-order valence-corrected chi connectivity index (χ4v) is 3.75. The maximum Gasteiger partial charge on any atom is 0.272 e. The molecule has 2 atom stereocenters. The summed E-state index contributed by atoms with van der Waals surface area (Å²) in [6.45, 7) is 10.5. The molecule has 0 N–H and O–H groups in total. The van der Waals surface area contributed by atoms with Crippen molar-refractivity contribution in [3.63, 3.8) is 0 Å². The summed E-state index contributed by atoms with van der Waals surface area (Å²) < 4.78 is 1.74. The number of rotatable bonds is 3. The first-order chi connectivity index (χ1) is 12.5.